The first kappa shape index (κ1) is 19.8. The Kier molecular flexibility index (Phi) is 5.59. The molecule has 4 rings (SSSR count). The number of para-hydroxylation sites is 2. The van der Waals surface area contributed by atoms with Gasteiger partial charge in [-0.2, -0.15) is 0 Å². The minimum absolute atomic E-state index is 0.122. The van der Waals surface area contributed by atoms with Crippen molar-refractivity contribution in [1.29, 1.82) is 0 Å². The molecule has 0 aromatic heterocycles. The van der Waals surface area contributed by atoms with Gasteiger partial charge in [0.15, 0.2) is 6.61 Å². The Bertz CT molecular complexity index is 1090. The summed E-state index contributed by atoms with van der Waals surface area (Å²) < 4.78 is 11.6. The highest BCUT2D eigenvalue weighted by atomic mass is 35.5. The molecule has 0 bridgehead atoms. The average Bonchev–Trinajstić information content (AvgIpc) is 2.77. The van der Waals surface area contributed by atoms with Gasteiger partial charge in [-0.3, -0.25) is 14.5 Å². The van der Waals surface area contributed by atoms with Gasteiger partial charge in [0.1, 0.15) is 18.1 Å². The van der Waals surface area contributed by atoms with Crippen LogP contribution in [0.25, 0.3) is 0 Å². The fourth-order valence-corrected chi connectivity index (χ4v) is 3.62. The van der Waals surface area contributed by atoms with Crippen molar-refractivity contribution in [2.75, 3.05) is 18.1 Å². The van der Waals surface area contributed by atoms with Crippen LogP contribution in [0, 0.1) is 0 Å². The number of nitrogens with two attached hydrogens (primary N) is 1. The predicted octanol–water partition coefficient (Wildman–Crippen LogP) is 3.98. The zero-order valence-corrected chi connectivity index (χ0v) is 16.7. The second-order valence-corrected chi connectivity index (χ2v) is 7.20. The van der Waals surface area contributed by atoms with Crippen LogP contribution in [0.5, 0.6) is 11.5 Å². The van der Waals surface area contributed by atoms with Crippen LogP contribution in [0.4, 0.5) is 5.69 Å². The van der Waals surface area contributed by atoms with Crippen molar-refractivity contribution in [2.24, 2.45) is 5.73 Å². The Balaban J connectivity index is 1.63. The van der Waals surface area contributed by atoms with Gasteiger partial charge in [-0.1, -0.05) is 54.1 Å². The van der Waals surface area contributed by atoms with Gasteiger partial charge in [-0.15, -0.1) is 0 Å². The summed E-state index contributed by atoms with van der Waals surface area (Å²) in [4.78, 5) is 26.6. The Labute approximate surface area is 178 Å². The van der Waals surface area contributed by atoms with Crippen LogP contribution >= 0.6 is 11.6 Å². The van der Waals surface area contributed by atoms with Crippen LogP contribution in [0.2, 0.25) is 5.02 Å². The van der Waals surface area contributed by atoms with Gasteiger partial charge >= 0.3 is 0 Å². The number of halogens is 1. The topological polar surface area (TPSA) is 81.9 Å². The zero-order chi connectivity index (χ0) is 21.1. The normalized spacial score (nSPS) is 15.1. The number of nitrogens with zero attached hydrogens (tertiary/aromatic N) is 1. The third-order valence-electron chi connectivity index (χ3n) is 4.84. The highest BCUT2D eigenvalue weighted by Crippen LogP contribution is 2.39. The first-order chi connectivity index (χ1) is 14.5. The van der Waals surface area contributed by atoms with Crippen molar-refractivity contribution >= 4 is 29.1 Å². The molecule has 7 heteroatoms. The molecule has 0 aliphatic carbocycles. The van der Waals surface area contributed by atoms with Gasteiger partial charge in [0.2, 0.25) is 0 Å². The van der Waals surface area contributed by atoms with Crippen LogP contribution in [0.3, 0.4) is 0 Å². The summed E-state index contributed by atoms with van der Waals surface area (Å²) in [5.74, 6) is -0.121. The number of ether oxygens (including phenoxy) is 2. The van der Waals surface area contributed by atoms with E-state index in [-0.39, 0.29) is 29.9 Å². The zero-order valence-electron chi connectivity index (χ0n) is 16.0. The Morgan fingerprint density at radius 1 is 1.07 bits per heavy atom. The van der Waals surface area contributed by atoms with Crippen LogP contribution in [0.15, 0.2) is 72.8 Å². The largest absolute Gasteiger partial charge is 0.489 e. The Hall–Kier alpha value is -3.51. The van der Waals surface area contributed by atoms with Crippen molar-refractivity contribution in [2.45, 2.75) is 6.04 Å². The molecule has 1 unspecified atom stereocenters. The lowest BCUT2D eigenvalue weighted by Crippen LogP contribution is -2.43. The molecule has 0 fully saturated rings. The number of amides is 2. The van der Waals surface area contributed by atoms with Crippen molar-refractivity contribution in [3.63, 3.8) is 0 Å². The molecule has 6 nitrogen and oxygen atoms in total. The first-order valence-electron chi connectivity index (χ1n) is 9.35. The summed E-state index contributed by atoms with van der Waals surface area (Å²) in [5.41, 5.74) is 7.14. The maximum atomic E-state index is 13.3. The highest BCUT2D eigenvalue weighted by molar-refractivity contribution is 6.31. The molecular weight excluding hydrogens is 404 g/mol. The summed E-state index contributed by atoms with van der Waals surface area (Å²) in [6.45, 7) is 0.0415. The van der Waals surface area contributed by atoms with E-state index in [0.717, 1.165) is 5.56 Å². The molecule has 0 saturated heterocycles. The minimum atomic E-state index is -0.682. The van der Waals surface area contributed by atoms with Crippen molar-refractivity contribution < 1.29 is 19.1 Å². The van der Waals surface area contributed by atoms with Gasteiger partial charge in [0.25, 0.3) is 11.8 Å². The summed E-state index contributed by atoms with van der Waals surface area (Å²) in [6.07, 6.45) is 0. The number of benzene rings is 3. The van der Waals surface area contributed by atoms with E-state index in [2.05, 4.69) is 0 Å². The lowest BCUT2D eigenvalue weighted by Gasteiger charge is -2.37. The monoisotopic (exact) mass is 422 g/mol. The minimum Gasteiger partial charge on any atom is -0.489 e. The molecular formula is C23H19ClN2O4. The van der Waals surface area contributed by atoms with Gasteiger partial charge in [0.05, 0.1) is 17.3 Å². The summed E-state index contributed by atoms with van der Waals surface area (Å²) >= 11 is 5.94. The van der Waals surface area contributed by atoms with E-state index in [1.807, 2.05) is 54.6 Å². The standard InChI is InChI=1S/C23H19ClN2O4/c24-16-10-11-20(17(12-16)23(25)28)30-14-22(27)26-18-8-4-5-9-21(18)29-13-19(26)15-6-2-1-3-7-15/h1-12,19H,13-14H2,(H2,25,28). The molecule has 0 radical (unpaired) electrons. The average molecular weight is 423 g/mol. The van der Waals surface area contributed by atoms with Crippen molar-refractivity contribution in [3.8, 4) is 11.5 Å². The number of fused-ring (bicyclic) bond motifs is 1. The SMILES string of the molecule is NC(=O)c1cc(Cl)ccc1OCC(=O)N1c2ccccc2OCC1c1ccccc1. The van der Waals surface area contributed by atoms with Crippen molar-refractivity contribution in [1.82, 2.24) is 0 Å². The van der Waals surface area contributed by atoms with Crippen LogP contribution in [-0.4, -0.2) is 25.0 Å². The molecule has 1 atom stereocenters. The molecule has 1 heterocycles. The molecule has 3 aromatic carbocycles. The number of anilines is 1. The van der Waals surface area contributed by atoms with Crippen LogP contribution < -0.4 is 20.1 Å². The number of carbonyl (C=O) groups excluding carboxylic acids is 2. The summed E-state index contributed by atoms with van der Waals surface area (Å²) in [5, 5.41) is 0.355. The molecule has 1 aliphatic heterocycles. The fourth-order valence-electron chi connectivity index (χ4n) is 3.45. The quantitative estimate of drug-likeness (QED) is 0.674. The molecule has 152 valence electrons. The molecule has 2 N–H and O–H groups in total. The summed E-state index contributed by atoms with van der Waals surface area (Å²) in [7, 11) is 0. The number of rotatable bonds is 5. The third-order valence-corrected chi connectivity index (χ3v) is 5.08. The predicted molar refractivity (Wildman–Crippen MR) is 114 cm³/mol. The van der Waals surface area contributed by atoms with Crippen LogP contribution in [-0.2, 0) is 4.79 Å². The van der Waals surface area contributed by atoms with Crippen molar-refractivity contribution in [3.05, 3.63) is 88.9 Å². The van der Waals surface area contributed by atoms with E-state index in [0.29, 0.717) is 23.1 Å². The molecule has 0 saturated carbocycles. The number of hydrogen-bond donors (Lipinski definition) is 1. The molecule has 1 aliphatic rings. The Morgan fingerprint density at radius 2 is 1.80 bits per heavy atom. The van der Waals surface area contributed by atoms with Gasteiger partial charge < -0.3 is 15.2 Å². The van der Waals surface area contributed by atoms with E-state index < -0.39 is 5.91 Å². The molecule has 3 aromatic rings. The van der Waals surface area contributed by atoms with Gasteiger partial charge in [0, 0.05) is 5.02 Å². The molecule has 30 heavy (non-hydrogen) atoms. The molecule has 2 amide bonds. The lowest BCUT2D eigenvalue weighted by molar-refractivity contribution is -0.121. The highest BCUT2D eigenvalue weighted by Gasteiger charge is 2.33. The summed E-state index contributed by atoms with van der Waals surface area (Å²) in [6, 6.07) is 21.2. The third kappa shape index (κ3) is 3.95. The number of carbonyl (C=O) groups is 2. The van der Waals surface area contributed by atoms with E-state index in [4.69, 9.17) is 26.8 Å². The molecule has 0 spiro atoms. The second kappa shape index (κ2) is 8.47. The maximum absolute atomic E-state index is 13.3. The van der Waals surface area contributed by atoms with Crippen LogP contribution in [0.1, 0.15) is 22.0 Å². The fraction of sp³-hybridized carbons (Fsp3) is 0.130. The van der Waals surface area contributed by atoms with E-state index in [1.54, 1.807) is 11.0 Å². The number of hydrogen-bond acceptors (Lipinski definition) is 4. The maximum Gasteiger partial charge on any atom is 0.265 e. The van der Waals surface area contributed by atoms with Gasteiger partial charge in [-0.05, 0) is 35.9 Å². The second-order valence-electron chi connectivity index (χ2n) is 6.76. The lowest BCUT2D eigenvalue weighted by atomic mass is 10.0. The Morgan fingerprint density at radius 3 is 2.57 bits per heavy atom. The number of primary amides is 1. The van der Waals surface area contributed by atoms with E-state index in [1.165, 1.54) is 12.1 Å². The van der Waals surface area contributed by atoms with Gasteiger partial charge in [-0.25, -0.2) is 0 Å². The smallest absolute Gasteiger partial charge is 0.265 e. The van der Waals surface area contributed by atoms with E-state index >= 15 is 0 Å². The first-order valence-corrected chi connectivity index (χ1v) is 9.73. The van der Waals surface area contributed by atoms with E-state index in [9.17, 15) is 9.59 Å².